The van der Waals surface area contributed by atoms with Crippen molar-refractivity contribution in [2.24, 2.45) is 0 Å². The summed E-state index contributed by atoms with van der Waals surface area (Å²) in [6.07, 6.45) is 1.43. The van der Waals surface area contributed by atoms with E-state index in [4.69, 9.17) is 0 Å². The standard InChI is InChI=1S/C21H19FN6OS/c1-13-3-4-14(2)17(9-13)25-18(29)11-30-21-19-20(23-12-24-21)28(27-26-19)10-15-5-7-16(22)8-6-15/h3-9,12H,10-11H2,1-2H3,(H,25,29). The molecule has 0 radical (unpaired) electrons. The molecule has 2 aromatic heterocycles. The number of aryl methyl sites for hydroxylation is 2. The molecule has 0 unspecified atom stereocenters. The van der Waals surface area contributed by atoms with Gasteiger partial charge in [-0.3, -0.25) is 4.79 Å². The monoisotopic (exact) mass is 422 g/mol. The number of carbonyl (C=O) groups excluding carboxylic acids is 1. The van der Waals surface area contributed by atoms with Crippen molar-refractivity contribution in [1.29, 1.82) is 0 Å². The van der Waals surface area contributed by atoms with Crippen molar-refractivity contribution in [3.8, 4) is 0 Å². The van der Waals surface area contributed by atoms with Gasteiger partial charge in [0.05, 0.1) is 12.3 Å². The van der Waals surface area contributed by atoms with Crippen LogP contribution in [0.4, 0.5) is 10.1 Å². The Morgan fingerprint density at radius 1 is 1.13 bits per heavy atom. The lowest BCUT2D eigenvalue weighted by molar-refractivity contribution is -0.113. The highest BCUT2D eigenvalue weighted by molar-refractivity contribution is 8.00. The summed E-state index contributed by atoms with van der Waals surface area (Å²) >= 11 is 1.28. The van der Waals surface area contributed by atoms with E-state index in [9.17, 15) is 9.18 Å². The number of anilines is 1. The van der Waals surface area contributed by atoms with Gasteiger partial charge < -0.3 is 5.32 Å². The summed E-state index contributed by atoms with van der Waals surface area (Å²) in [6.45, 7) is 4.34. The number of hydrogen-bond donors (Lipinski definition) is 1. The first-order chi connectivity index (χ1) is 14.5. The predicted octanol–water partition coefficient (Wildman–Crippen LogP) is 3.76. The second kappa shape index (κ2) is 8.58. The number of carbonyl (C=O) groups is 1. The fraction of sp³-hybridized carbons (Fsp3) is 0.190. The SMILES string of the molecule is Cc1ccc(C)c(NC(=O)CSc2ncnc3c2nnn3Cc2ccc(F)cc2)c1. The topological polar surface area (TPSA) is 85.6 Å². The van der Waals surface area contributed by atoms with Crippen molar-refractivity contribution in [1.82, 2.24) is 25.0 Å². The molecule has 4 rings (SSSR count). The smallest absolute Gasteiger partial charge is 0.234 e. The van der Waals surface area contributed by atoms with Crippen LogP contribution in [0, 0.1) is 19.7 Å². The van der Waals surface area contributed by atoms with Gasteiger partial charge in [0.15, 0.2) is 11.2 Å². The fourth-order valence-corrected chi connectivity index (χ4v) is 3.67. The first-order valence-electron chi connectivity index (χ1n) is 9.28. The van der Waals surface area contributed by atoms with Crippen LogP contribution in [0.25, 0.3) is 11.2 Å². The molecule has 0 aliphatic carbocycles. The molecule has 2 heterocycles. The summed E-state index contributed by atoms with van der Waals surface area (Å²) in [4.78, 5) is 20.9. The average Bonchev–Trinajstić information content (AvgIpc) is 3.14. The quantitative estimate of drug-likeness (QED) is 0.376. The Morgan fingerprint density at radius 3 is 2.73 bits per heavy atom. The van der Waals surface area contributed by atoms with E-state index >= 15 is 0 Å². The number of benzene rings is 2. The van der Waals surface area contributed by atoms with Crippen LogP contribution in [0.5, 0.6) is 0 Å². The molecule has 0 fully saturated rings. The molecule has 0 aliphatic rings. The maximum atomic E-state index is 13.1. The van der Waals surface area contributed by atoms with Crippen LogP contribution in [-0.4, -0.2) is 36.6 Å². The van der Waals surface area contributed by atoms with Crippen molar-refractivity contribution in [3.63, 3.8) is 0 Å². The van der Waals surface area contributed by atoms with Crippen LogP contribution in [-0.2, 0) is 11.3 Å². The Labute approximate surface area is 176 Å². The van der Waals surface area contributed by atoms with Gasteiger partial charge in [0.1, 0.15) is 17.2 Å². The molecular formula is C21H19FN6OS. The summed E-state index contributed by atoms with van der Waals surface area (Å²) in [5.74, 6) is -0.230. The molecule has 1 amide bonds. The van der Waals surface area contributed by atoms with Gasteiger partial charge in [-0.2, -0.15) is 0 Å². The molecule has 0 atom stereocenters. The normalized spacial score (nSPS) is 11.0. The number of thioether (sulfide) groups is 1. The van der Waals surface area contributed by atoms with Crippen molar-refractivity contribution >= 4 is 34.5 Å². The van der Waals surface area contributed by atoms with Gasteiger partial charge in [0.2, 0.25) is 5.91 Å². The lowest BCUT2D eigenvalue weighted by atomic mass is 10.1. The van der Waals surface area contributed by atoms with Crippen molar-refractivity contribution in [2.75, 3.05) is 11.1 Å². The summed E-state index contributed by atoms with van der Waals surface area (Å²) in [7, 11) is 0. The van der Waals surface area contributed by atoms with E-state index in [-0.39, 0.29) is 17.5 Å². The predicted molar refractivity (Wildman–Crippen MR) is 114 cm³/mol. The zero-order valence-corrected chi connectivity index (χ0v) is 17.3. The van der Waals surface area contributed by atoms with E-state index in [0.29, 0.717) is 22.7 Å². The second-order valence-corrected chi connectivity index (χ2v) is 7.84. The molecule has 9 heteroatoms. The van der Waals surface area contributed by atoms with E-state index < -0.39 is 0 Å². The number of halogens is 1. The second-order valence-electron chi connectivity index (χ2n) is 6.88. The number of nitrogens with zero attached hydrogens (tertiary/aromatic N) is 5. The lowest BCUT2D eigenvalue weighted by Gasteiger charge is -2.09. The largest absolute Gasteiger partial charge is 0.325 e. The zero-order valence-electron chi connectivity index (χ0n) is 16.5. The van der Waals surface area contributed by atoms with Crippen molar-refractivity contribution in [3.05, 3.63) is 71.3 Å². The van der Waals surface area contributed by atoms with Gasteiger partial charge in [-0.05, 0) is 48.7 Å². The highest BCUT2D eigenvalue weighted by atomic mass is 32.2. The Balaban J connectivity index is 1.47. The molecule has 0 bridgehead atoms. The molecule has 0 saturated carbocycles. The number of amides is 1. The molecule has 0 saturated heterocycles. The summed E-state index contributed by atoms with van der Waals surface area (Å²) in [6, 6.07) is 12.1. The highest BCUT2D eigenvalue weighted by Gasteiger charge is 2.14. The van der Waals surface area contributed by atoms with Gasteiger partial charge in [0, 0.05) is 5.69 Å². The Bertz CT molecular complexity index is 1210. The molecule has 0 aliphatic heterocycles. The van der Waals surface area contributed by atoms with Gasteiger partial charge in [-0.15, -0.1) is 5.10 Å². The minimum absolute atomic E-state index is 0.126. The van der Waals surface area contributed by atoms with E-state index in [0.717, 1.165) is 22.4 Å². The lowest BCUT2D eigenvalue weighted by Crippen LogP contribution is -2.15. The first kappa shape index (κ1) is 20.0. The fourth-order valence-electron chi connectivity index (χ4n) is 2.94. The van der Waals surface area contributed by atoms with Crippen LogP contribution in [0.2, 0.25) is 0 Å². The van der Waals surface area contributed by atoms with Gasteiger partial charge in [-0.25, -0.2) is 19.0 Å². The van der Waals surface area contributed by atoms with E-state index in [1.807, 2.05) is 32.0 Å². The Morgan fingerprint density at radius 2 is 1.93 bits per heavy atom. The molecule has 30 heavy (non-hydrogen) atoms. The van der Waals surface area contributed by atoms with Crippen LogP contribution in [0.15, 0.2) is 53.8 Å². The van der Waals surface area contributed by atoms with Crippen LogP contribution < -0.4 is 5.32 Å². The van der Waals surface area contributed by atoms with Crippen LogP contribution in [0.1, 0.15) is 16.7 Å². The zero-order chi connectivity index (χ0) is 21.1. The summed E-state index contributed by atoms with van der Waals surface area (Å²) < 4.78 is 14.7. The van der Waals surface area contributed by atoms with Crippen LogP contribution in [0.3, 0.4) is 0 Å². The van der Waals surface area contributed by atoms with Crippen molar-refractivity contribution in [2.45, 2.75) is 25.4 Å². The van der Waals surface area contributed by atoms with Crippen LogP contribution >= 0.6 is 11.8 Å². The third kappa shape index (κ3) is 4.46. The number of hydrogen-bond acceptors (Lipinski definition) is 6. The minimum atomic E-state index is -0.289. The molecule has 1 N–H and O–H groups in total. The summed E-state index contributed by atoms with van der Waals surface area (Å²) in [5, 5.41) is 11.8. The molecular weight excluding hydrogens is 403 g/mol. The maximum absolute atomic E-state index is 13.1. The molecule has 2 aromatic carbocycles. The number of aromatic nitrogens is 5. The number of rotatable bonds is 6. The number of fused-ring (bicyclic) bond motifs is 1. The Kier molecular flexibility index (Phi) is 5.71. The summed E-state index contributed by atoms with van der Waals surface area (Å²) in [5.41, 5.74) is 4.87. The highest BCUT2D eigenvalue weighted by Crippen LogP contribution is 2.24. The van der Waals surface area contributed by atoms with Gasteiger partial charge in [-0.1, -0.05) is 41.2 Å². The minimum Gasteiger partial charge on any atom is -0.325 e. The van der Waals surface area contributed by atoms with E-state index in [1.165, 1.54) is 30.2 Å². The molecule has 7 nitrogen and oxygen atoms in total. The molecule has 4 aromatic rings. The third-order valence-corrected chi connectivity index (χ3v) is 5.50. The van der Waals surface area contributed by atoms with Gasteiger partial charge >= 0.3 is 0 Å². The average molecular weight is 422 g/mol. The van der Waals surface area contributed by atoms with Crippen molar-refractivity contribution < 1.29 is 9.18 Å². The molecule has 0 spiro atoms. The first-order valence-corrected chi connectivity index (χ1v) is 10.3. The van der Waals surface area contributed by atoms with Gasteiger partial charge in [0.25, 0.3) is 0 Å². The van der Waals surface area contributed by atoms with E-state index in [1.54, 1.807) is 16.8 Å². The third-order valence-electron chi connectivity index (χ3n) is 4.52. The van der Waals surface area contributed by atoms with E-state index in [2.05, 4.69) is 25.6 Å². The molecule has 152 valence electrons. The Hall–Kier alpha value is -3.33. The maximum Gasteiger partial charge on any atom is 0.234 e. The number of nitrogens with one attached hydrogen (secondary N) is 1.